The van der Waals surface area contributed by atoms with E-state index in [0.29, 0.717) is 6.42 Å². The van der Waals surface area contributed by atoms with Gasteiger partial charge in [0.2, 0.25) is 5.91 Å². The SMILES string of the molecule is O=C(Cc1ccc(O)cc1)N1CCCNc2ccccc21. The van der Waals surface area contributed by atoms with Gasteiger partial charge in [-0.05, 0) is 36.2 Å². The Labute approximate surface area is 124 Å². The number of rotatable bonds is 2. The van der Waals surface area contributed by atoms with Crippen LogP contribution in [0.2, 0.25) is 0 Å². The molecule has 0 fully saturated rings. The van der Waals surface area contributed by atoms with Crippen LogP contribution in [0.4, 0.5) is 11.4 Å². The molecule has 1 heterocycles. The summed E-state index contributed by atoms with van der Waals surface area (Å²) >= 11 is 0. The molecule has 0 radical (unpaired) electrons. The van der Waals surface area contributed by atoms with Gasteiger partial charge in [-0.25, -0.2) is 0 Å². The molecule has 0 aromatic heterocycles. The van der Waals surface area contributed by atoms with Gasteiger partial charge in [0.05, 0.1) is 17.8 Å². The van der Waals surface area contributed by atoms with Gasteiger partial charge in [-0.3, -0.25) is 4.79 Å². The number of carbonyl (C=O) groups excluding carboxylic acids is 1. The summed E-state index contributed by atoms with van der Waals surface area (Å²) in [5.41, 5.74) is 2.86. The lowest BCUT2D eigenvalue weighted by molar-refractivity contribution is -0.118. The lowest BCUT2D eigenvalue weighted by Crippen LogP contribution is -2.32. The second kappa shape index (κ2) is 5.87. The number of phenolic OH excluding ortho intramolecular Hbond substituents is 1. The Hall–Kier alpha value is -2.49. The van der Waals surface area contributed by atoms with Gasteiger partial charge in [-0.1, -0.05) is 24.3 Å². The van der Waals surface area contributed by atoms with Crippen molar-refractivity contribution in [3.8, 4) is 5.75 Å². The number of benzene rings is 2. The number of nitrogens with zero attached hydrogens (tertiary/aromatic N) is 1. The minimum Gasteiger partial charge on any atom is -0.508 e. The van der Waals surface area contributed by atoms with Crippen molar-refractivity contribution in [3.05, 3.63) is 54.1 Å². The smallest absolute Gasteiger partial charge is 0.231 e. The molecule has 21 heavy (non-hydrogen) atoms. The average molecular weight is 282 g/mol. The molecular weight excluding hydrogens is 264 g/mol. The maximum atomic E-state index is 12.6. The zero-order valence-corrected chi connectivity index (χ0v) is 11.7. The van der Waals surface area contributed by atoms with Gasteiger partial charge in [0, 0.05) is 13.1 Å². The summed E-state index contributed by atoms with van der Waals surface area (Å²) in [5.74, 6) is 0.298. The third-order valence-corrected chi connectivity index (χ3v) is 3.66. The summed E-state index contributed by atoms with van der Waals surface area (Å²) in [7, 11) is 0. The van der Waals surface area contributed by atoms with Crippen molar-refractivity contribution in [2.45, 2.75) is 12.8 Å². The first-order chi connectivity index (χ1) is 10.2. The lowest BCUT2D eigenvalue weighted by atomic mass is 10.1. The predicted octanol–water partition coefficient (Wildman–Crippen LogP) is 2.78. The third kappa shape index (κ3) is 2.99. The second-order valence-electron chi connectivity index (χ2n) is 5.19. The Balaban J connectivity index is 1.82. The van der Waals surface area contributed by atoms with Crippen LogP contribution < -0.4 is 10.2 Å². The molecular formula is C17H18N2O2. The van der Waals surface area contributed by atoms with E-state index in [1.54, 1.807) is 24.3 Å². The number of aromatic hydroxyl groups is 1. The first kappa shape index (κ1) is 13.5. The number of phenols is 1. The largest absolute Gasteiger partial charge is 0.508 e. The maximum absolute atomic E-state index is 12.6. The van der Waals surface area contributed by atoms with Crippen LogP contribution in [0.25, 0.3) is 0 Å². The van der Waals surface area contributed by atoms with E-state index in [-0.39, 0.29) is 11.7 Å². The molecule has 0 bridgehead atoms. The number of carbonyl (C=O) groups is 1. The zero-order chi connectivity index (χ0) is 14.7. The molecule has 1 amide bonds. The molecule has 0 atom stereocenters. The van der Waals surface area contributed by atoms with E-state index < -0.39 is 0 Å². The van der Waals surface area contributed by atoms with Crippen molar-refractivity contribution < 1.29 is 9.90 Å². The van der Waals surface area contributed by atoms with E-state index in [4.69, 9.17) is 0 Å². The van der Waals surface area contributed by atoms with Crippen molar-refractivity contribution in [2.24, 2.45) is 0 Å². The highest BCUT2D eigenvalue weighted by atomic mass is 16.3. The minimum atomic E-state index is 0.0804. The predicted molar refractivity (Wildman–Crippen MR) is 83.7 cm³/mol. The standard InChI is InChI=1S/C17H18N2O2/c20-14-8-6-13(7-9-14)12-17(21)19-11-3-10-18-15-4-1-2-5-16(15)19/h1-2,4-9,18,20H,3,10-12H2. The lowest BCUT2D eigenvalue weighted by Gasteiger charge is -2.22. The molecule has 0 saturated heterocycles. The van der Waals surface area contributed by atoms with Gasteiger partial charge in [0.1, 0.15) is 5.75 Å². The Kier molecular flexibility index (Phi) is 3.77. The Morgan fingerprint density at radius 2 is 1.90 bits per heavy atom. The molecule has 0 unspecified atom stereocenters. The van der Waals surface area contributed by atoms with Gasteiger partial charge in [0.25, 0.3) is 0 Å². The Morgan fingerprint density at radius 1 is 1.14 bits per heavy atom. The van der Waals surface area contributed by atoms with Crippen LogP contribution in [0.5, 0.6) is 5.75 Å². The quantitative estimate of drug-likeness (QED) is 0.890. The van der Waals surface area contributed by atoms with Gasteiger partial charge in [0.15, 0.2) is 0 Å². The summed E-state index contributed by atoms with van der Waals surface area (Å²) in [4.78, 5) is 14.5. The molecule has 3 rings (SSSR count). The Bertz CT molecular complexity index is 637. The number of hydrogen-bond donors (Lipinski definition) is 2. The third-order valence-electron chi connectivity index (χ3n) is 3.66. The molecule has 108 valence electrons. The monoisotopic (exact) mass is 282 g/mol. The summed E-state index contributed by atoms with van der Waals surface area (Å²) < 4.78 is 0. The van der Waals surface area contributed by atoms with E-state index in [1.165, 1.54) is 0 Å². The first-order valence-corrected chi connectivity index (χ1v) is 7.15. The van der Waals surface area contributed by atoms with E-state index in [2.05, 4.69) is 5.32 Å². The normalized spacial score (nSPS) is 14.0. The van der Waals surface area contributed by atoms with E-state index >= 15 is 0 Å². The van der Waals surface area contributed by atoms with Crippen LogP contribution in [-0.2, 0) is 11.2 Å². The van der Waals surface area contributed by atoms with Crippen LogP contribution in [0, 0.1) is 0 Å². The highest BCUT2D eigenvalue weighted by molar-refractivity contribution is 5.98. The number of anilines is 2. The van der Waals surface area contributed by atoms with Crippen molar-refractivity contribution >= 4 is 17.3 Å². The summed E-state index contributed by atoms with van der Waals surface area (Å²) in [5, 5.41) is 12.7. The number of fused-ring (bicyclic) bond motifs is 1. The van der Waals surface area contributed by atoms with Gasteiger partial charge < -0.3 is 15.3 Å². The average Bonchev–Trinajstić information content (AvgIpc) is 2.72. The fraction of sp³-hybridized carbons (Fsp3) is 0.235. The van der Waals surface area contributed by atoms with Gasteiger partial charge in [-0.15, -0.1) is 0 Å². The molecule has 2 aromatic carbocycles. The molecule has 1 aliphatic heterocycles. The summed E-state index contributed by atoms with van der Waals surface area (Å²) in [6.45, 7) is 1.60. The van der Waals surface area contributed by atoms with E-state index in [0.717, 1.165) is 36.4 Å². The highest BCUT2D eigenvalue weighted by Crippen LogP contribution is 2.28. The van der Waals surface area contributed by atoms with Crippen LogP contribution in [0.1, 0.15) is 12.0 Å². The van der Waals surface area contributed by atoms with Crippen molar-refractivity contribution in [3.63, 3.8) is 0 Å². The number of nitrogens with one attached hydrogen (secondary N) is 1. The zero-order valence-electron chi connectivity index (χ0n) is 11.7. The Morgan fingerprint density at radius 3 is 2.71 bits per heavy atom. The van der Waals surface area contributed by atoms with Crippen molar-refractivity contribution in [1.29, 1.82) is 0 Å². The molecule has 0 saturated carbocycles. The minimum absolute atomic E-state index is 0.0804. The van der Waals surface area contributed by atoms with Gasteiger partial charge in [-0.2, -0.15) is 0 Å². The van der Waals surface area contributed by atoms with Crippen LogP contribution in [0.15, 0.2) is 48.5 Å². The van der Waals surface area contributed by atoms with E-state index in [1.807, 2.05) is 29.2 Å². The molecule has 2 aromatic rings. The molecule has 0 aliphatic carbocycles. The first-order valence-electron chi connectivity index (χ1n) is 7.15. The number of para-hydroxylation sites is 2. The second-order valence-corrected chi connectivity index (χ2v) is 5.19. The fourth-order valence-electron chi connectivity index (χ4n) is 2.58. The summed E-state index contributed by atoms with van der Waals surface area (Å²) in [6, 6.07) is 14.7. The van der Waals surface area contributed by atoms with Gasteiger partial charge >= 0.3 is 0 Å². The number of amides is 1. The van der Waals surface area contributed by atoms with E-state index in [9.17, 15) is 9.90 Å². The molecule has 1 aliphatic rings. The van der Waals surface area contributed by atoms with Crippen LogP contribution in [0.3, 0.4) is 0 Å². The molecule has 0 spiro atoms. The molecule has 4 nitrogen and oxygen atoms in total. The highest BCUT2D eigenvalue weighted by Gasteiger charge is 2.20. The maximum Gasteiger partial charge on any atom is 0.231 e. The fourth-order valence-corrected chi connectivity index (χ4v) is 2.58. The molecule has 4 heteroatoms. The summed E-state index contributed by atoms with van der Waals surface area (Å²) in [6.07, 6.45) is 1.27. The number of hydrogen-bond acceptors (Lipinski definition) is 3. The topological polar surface area (TPSA) is 52.6 Å². The van der Waals surface area contributed by atoms with Crippen molar-refractivity contribution in [2.75, 3.05) is 23.3 Å². The van der Waals surface area contributed by atoms with Crippen molar-refractivity contribution in [1.82, 2.24) is 0 Å². The molecule has 2 N–H and O–H groups in total. The van der Waals surface area contributed by atoms with Crippen LogP contribution >= 0.6 is 0 Å². The van der Waals surface area contributed by atoms with Crippen LogP contribution in [-0.4, -0.2) is 24.1 Å².